The van der Waals surface area contributed by atoms with Gasteiger partial charge in [-0.2, -0.15) is 0 Å². The highest BCUT2D eigenvalue weighted by Gasteiger charge is 2.12. The van der Waals surface area contributed by atoms with Crippen LogP contribution in [0.15, 0.2) is 24.4 Å². The normalized spacial score (nSPS) is 12.4. The van der Waals surface area contributed by atoms with Crippen molar-refractivity contribution in [3.8, 4) is 0 Å². The number of fused-ring (bicyclic) bond motifs is 1. The van der Waals surface area contributed by atoms with Crippen LogP contribution in [0.5, 0.6) is 0 Å². The molecule has 0 aliphatic rings. The van der Waals surface area contributed by atoms with Gasteiger partial charge in [-0.15, -0.1) is 0 Å². The SMILES string of the molecule is CCn1cc(CCN(C)C)c2cc(CS(=O)(=O)NC)ccc21. The molecule has 1 aromatic carbocycles. The first-order valence-corrected chi connectivity index (χ1v) is 9.18. The molecule has 22 heavy (non-hydrogen) atoms. The number of hydrogen-bond acceptors (Lipinski definition) is 3. The van der Waals surface area contributed by atoms with E-state index in [0.717, 1.165) is 30.5 Å². The van der Waals surface area contributed by atoms with E-state index in [1.54, 1.807) is 0 Å². The maximum absolute atomic E-state index is 11.7. The molecular formula is C16H25N3O2S. The largest absolute Gasteiger partial charge is 0.347 e. The van der Waals surface area contributed by atoms with Crippen molar-refractivity contribution in [2.75, 3.05) is 27.7 Å². The Balaban J connectivity index is 2.42. The second-order valence-corrected chi connectivity index (χ2v) is 7.73. The summed E-state index contributed by atoms with van der Waals surface area (Å²) in [5.74, 6) is 0.0177. The van der Waals surface area contributed by atoms with Gasteiger partial charge in [-0.25, -0.2) is 13.1 Å². The van der Waals surface area contributed by atoms with Crippen LogP contribution in [0.1, 0.15) is 18.1 Å². The van der Waals surface area contributed by atoms with E-state index in [0.29, 0.717) is 0 Å². The summed E-state index contributed by atoms with van der Waals surface area (Å²) in [5, 5.41) is 1.16. The number of nitrogens with one attached hydrogen (secondary N) is 1. The van der Waals surface area contributed by atoms with E-state index in [2.05, 4.69) is 41.4 Å². The van der Waals surface area contributed by atoms with Gasteiger partial charge in [0.2, 0.25) is 10.0 Å². The summed E-state index contributed by atoms with van der Waals surface area (Å²) < 4.78 is 28.1. The maximum Gasteiger partial charge on any atom is 0.215 e. The molecule has 0 amide bonds. The Morgan fingerprint density at radius 1 is 1.27 bits per heavy atom. The zero-order chi connectivity index (χ0) is 16.3. The summed E-state index contributed by atoms with van der Waals surface area (Å²) in [6.45, 7) is 4.00. The maximum atomic E-state index is 11.7. The molecule has 122 valence electrons. The molecule has 0 spiro atoms. The third-order valence-electron chi connectivity index (χ3n) is 3.86. The Morgan fingerprint density at radius 2 is 2.00 bits per heavy atom. The fourth-order valence-electron chi connectivity index (χ4n) is 2.60. The lowest BCUT2D eigenvalue weighted by atomic mass is 10.1. The smallest absolute Gasteiger partial charge is 0.215 e. The lowest BCUT2D eigenvalue weighted by Crippen LogP contribution is -2.20. The first kappa shape index (κ1) is 17.0. The predicted octanol–water partition coefficient (Wildman–Crippen LogP) is 1.81. The zero-order valence-corrected chi connectivity index (χ0v) is 14.6. The van der Waals surface area contributed by atoms with Crippen LogP contribution in [0.25, 0.3) is 10.9 Å². The molecule has 1 heterocycles. The Labute approximate surface area is 133 Å². The van der Waals surface area contributed by atoms with Gasteiger partial charge in [0.15, 0.2) is 0 Å². The molecule has 1 aromatic heterocycles. The molecule has 0 aliphatic heterocycles. The van der Waals surface area contributed by atoms with Crippen molar-refractivity contribution in [1.82, 2.24) is 14.2 Å². The minimum absolute atomic E-state index is 0.0177. The van der Waals surface area contributed by atoms with Crippen molar-refractivity contribution in [1.29, 1.82) is 0 Å². The monoisotopic (exact) mass is 323 g/mol. The lowest BCUT2D eigenvalue weighted by molar-refractivity contribution is 0.414. The zero-order valence-electron chi connectivity index (χ0n) is 13.8. The molecule has 2 rings (SSSR count). The van der Waals surface area contributed by atoms with E-state index in [-0.39, 0.29) is 5.75 Å². The van der Waals surface area contributed by atoms with Crippen molar-refractivity contribution in [2.45, 2.75) is 25.6 Å². The molecule has 2 aromatic rings. The number of sulfonamides is 1. The average Bonchev–Trinajstić information content (AvgIpc) is 2.82. The van der Waals surface area contributed by atoms with Crippen LogP contribution in [0.2, 0.25) is 0 Å². The van der Waals surface area contributed by atoms with E-state index in [4.69, 9.17) is 0 Å². The van der Waals surface area contributed by atoms with Crippen LogP contribution in [0.4, 0.5) is 0 Å². The molecule has 0 saturated heterocycles. The summed E-state index contributed by atoms with van der Waals surface area (Å²) in [5.41, 5.74) is 3.26. The second kappa shape index (κ2) is 6.81. The minimum Gasteiger partial charge on any atom is -0.347 e. The summed E-state index contributed by atoms with van der Waals surface area (Å²) in [7, 11) is 2.32. The van der Waals surface area contributed by atoms with Crippen molar-refractivity contribution in [3.63, 3.8) is 0 Å². The van der Waals surface area contributed by atoms with Crippen LogP contribution in [-0.4, -0.2) is 45.6 Å². The van der Waals surface area contributed by atoms with Gasteiger partial charge in [0.25, 0.3) is 0 Å². The molecule has 0 atom stereocenters. The third kappa shape index (κ3) is 3.88. The molecule has 5 nitrogen and oxygen atoms in total. The van der Waals surface area contributed by atoms with Gasteiger partial charge in [0.1, 0.15) is 0 Å². The van der Waals surface area contributed by atoms with E-state index < -0.39 is 10.0 Å². The Hall–Kier alpha value is -1.37. The van der Waals surface area contributed by atoms with Gasteiger partial charge < -0.3 is 9.47 Å². The van der Waals surface area contributed by atoms with E-state index in [9.17, 15) is 8.42 Å². The number of rotatable bonds is 7. The third-order valence-corrected chi connectivity index (χ3v) is 5.20. The first-order chi connectivity index (χ1) is 10.4. The molecule has 0 fully saturated rings. The number of aromatic nitrogens is 1. The Kier molecular flexibility index (Phi) is 5.26. The van der Waals surface area contributed by atoms with Gasteiger partial charge in [0.05, 0.1) is 5.75 Å². The molecular weight excluding hydrogens is 298 g/mol. The summed E-state index contributed by atoms with van der Waals surface area (Å²) in [4.78, 5) is 2.16. The number of hydrogen-bond donors (Lipinski definition) is 1. The molecule has 0 bridgehead atoms. The number of nitrogens with zero attached hydrogens (tertiary/aromatic N) is 2. The first-order valence-electron chi connectivity index (χ1n) is 7.53. The molecule has 0 saturated carbocycles. The Bertz CT molecular complexity index is 748. The lowest BCUT2D eigenvalue weighted by Gasteiger charge is -2.08. The predicted molar refractivity (Wildman–Crippen MR) is 91.6 cm³/mol. The molecule has 6 heteroatoms. The summed E-state index contributed by atoms with van der Waals surface area (Å²) in [6, 6.07) is 5.94. The van der Waals surface area contributed by atoms with Gasteiger partial charge in [-0.3, -0.25) is 0 Å². The van der Waals surface area contributed by atoms with Crippen molar-refractivity contribution in [3.05, 3.63) is 35.5 Å². The fourth-order valence-corrected chi connectivity index (χ4v) is 3.37. The number of likely N-dealkylation sites (N-methyl/N-ethyl adjacent to an activating group) is 1. The summed E-state index contributed by atoms with van der Waals surface area (Å²) >= 11 is 0. The topological polar surface area (TPSA) is 54.3 Å². The van der Waals surface area contributed by atoms with Gasteiger partial charge >= 0.3 is 0 Å². The highest BCUT2D eigenvalue weighted by molar-refractivity contribution is 7.88. The standard InChI is InChI=1S/C16H25N3O2S/c1-5-19-11-14(8-9-18(3)4)15-10-13(6-7-16(15)19)12-22(20,21)17-2/h6-7,10-11,17H,5,8-9,12H2,1-4H3. The Morgan fingerprint density at radius 3 is 2.59 bits per heavy atom. The van der Waals surface area contributed by atoms with Crippen LogP contribution in [-0.2, 0) is 28.7 Å². The van der Waals surface area contributed by atoms with Crippen LogP contribution in [0, 0.1) is 0 Å². The minimum atomic E-state index is -3.24. The molecule has 0 aliphatic carbocycles. The van der Waals surface area contributed by atoms with E-state index in [1.807, 2.05) is 18.2 Å². The molecule has 0 unspecified atom stereocenters. The van der Waals surface area contributed by atoms with Gasteiger partial charge in [-0.1, -0.05) is 6.07 Å². The van der Waals surface area contributed by atoms with Crippen LogP contribution >= 0.6 is 0 Å². The van der Waals surface area contributed by atoms with Gasteiger partial charge in [-0.05, 0) is 57.7 Å². The van der Waals surface area contributed by atoms with Crippen molar-refractivity contribution >= 4 is 20.9 Å². The molecule has 0 radical (unpaired) electrons. The highest BCUT2D eigenvalue weighted by Crippen LogP contribution is 2.24. The molecule has 1 N–H and O–H groups in total. The quantitative estimate of drug-likeness (QED) is 0.845. The van der Waals surface area contributed by atoms with E-state index >= 15 is 0 Å². The second-order valence-electron chi connectivity index (χ2n) is 5.81. The summed E-state index contributed by atoms with van der Waals surface area (Å²) in [6.07, 6.45) is 3.14. The van der Waals surface area contributed by atoms with Crippen LogP contribution < -0.4 is 4.72 Å². The van der Waals surface area contributed by atoms with Gasteiger partial charge in [0, 0.05) is 30.2 Å². The fraction of sp³-hybridized carbons (Fsp3) is 0.500. The van der Waals surface area contributed by atoms with Crippen molar-refractivity contribution < 1.29 is 8.42 Å². The highest BCUT2D eigenvalue weighted by atomic mass is 32.2. The average molecular weight is 323 g/mol. The number of benzene rings is 1. The van der Waals surface area contributed by atoms with Crippen molar-refractivity contribution in [2.24, 2.45) is 0 Å². The van der Waals surface area contributed by atoms with Crippen LogP contribution in [0.3, 0.4) is 0 Å². The number of aryl methyl sites for hydroxylation is 1. The van der Waals surface area contributed by atoms with E-state index in [1.165, 1.54) is 18.1 Å².